The number of β-amino-alcohol motifs (C(OH)–C–C–N with tert-alkyl or cyclic N) is 1. The number of aliphatic hydroxyl groups is 1. The molecule has 1 aliphatic rings. The number of methoxy groups -OCH3 is 1. The second kappa shape index (κ2) is 9.14. The molecule has 0 fully saturated rings. The van der Waals surface area contributed by atoms with Gasteiger partial charge in [-0.15, -0.1) is 0 Å². The summed E-state index contributed by atoms with van der Waals surface area (Å²) in [6.45, 7) is 0.450. The van der Waals surface area contributed by atoms with Gasteiger partial charge in [-0.25, -0.2) is 14.8 Å². The van der Waals surface area contributed by atoms with Gasteiger partial charge in [0.05, 0.1) is 26.3 Å². The number of alkyl halides is 3. The van der Waals surface area contributed by atoms with Crippen LogP contribution >= 0.6 is 0 Å². The Bertz CT molecular complexity index is 1400. The van der Waals surface area contributed by atoms with E-state index in [0.717, 1.165) is 28.0 Å². The van der Waals surface area contributed by atoms with Gasteiger partial charge in [0.25, 0.3) is 0 Å². The largest absolute Gasteiger partial charge is 0.534 e. The van der Waals surface area contributed by atoms with E-state index in [2.05, 4.69) is 19.1 Å². The number of benzene rings is 1. The summed E-state index contributed by atoms with van der Waals surface area (Å²) in [4.78, 5) is 25.9. The number of nitrogens with zero attached hydrogens (tertiary/aromatic N) is 5. The van der Waals surface area contributed by atoms with Crippen LogP contribution in [0.25, 0.3) is 0 Å². The van der Waals surface area contributed by atoms with Crippen LogP contribution in [0, 0.1) is 0 Å². The molecule has 1 unspecified atom stereocenters. The normalized spacial score (nSPS) is 16.0. The molecule has 0 aliphatic carbocycles. The third kappa shape index (κ3) is 5.19. The van der Waals surface area contributed by atoms with Gasteiger partial charge >= 0.3 is 21.3 Å². The van der Waals surface area contributed by atoms with Crippen molar-refractivity contribution in [3.05, 3.63) is 70.0 Å². The van der Waals surface area contributed by atoms with E-state index in [1.165, 1.54) is 19.5 Å². The van der Waals surface area contributed by atoms with E-state index in [4.69, 9.17) is 4.74 Å². The van der Waals surface area contributed by atoms with Crippen LogP contribution in [0.5, 0.6) is 11.6 Å². The van der Waals surface area contributed by atoms with Gasteiger partial charge in [0, 0.05) is 18.8 Å². The zero-order valence-corrected chi connectivity index (χ0v) is 18.8. The minimum absolute atomic E-state index is 0.0797. The third-order valence-electron chi connectivity index (χ3n) is 5.13. The SMILES string of the molecule is COc1ccc2c(c1)C(O)CN(c1ncn(Cc3ccc(OS(=O)(=O)C(F)(F)F)nc3)c(=O)n1)C2. The van der Waals surface area contributed by atoms with Crippen LogP contribution in [0.2, 0.25) is 0 Å². The Morgan fingerprint density at radius 1 is 1.20 bits per heavy atom. The van der Waals surface area contributed by atoms with Crippen molar-refractivity contribution in [1.82, 2.24) is 19.5 Å². The predicted molar refractivity (Wildman–Crippen MR) is 114 cm³/mol. The Morgan fingerprint density at radius 2 is 1.97 bits per heavy atom. The molecule has 0 spiro atoms. The first kappa shape index (κ1) is 24.4. The van der Waals surface area contributed by atoms with Crippen molar-refractivity contribution in [2.75, 3.05) is 18.6 Å². The monoisotopic (exact) mass is 513 g/mol. The van der Waals surface area contributed by atoms with E-state index in [-0.39, 0.29) is 19.0 Å². The Balaban J connectivity index is 1.47. The number of hydrogen-bond acceptors (Lipinski definition) is 10. The van der Waals surface area contributed by atoms with Crippen LogP contribution in [0.4, 0.5) is 19.1 Å². The number of ether oxygens (including phenoxy) is 1. The number of rotatable bonds is 6. The topological polar surface area (TPSA) is 137 Å². The molecule has 1 atom stereocenters. The fourth-order valence-electron chi connectivity index (χ4n) is 3.40. The zero-order chi connectivity index (χ0) is 25.4. The molecule has 0 saturated heterocycles. The molecule has 1 aliphatic heterocycles. The summed E-state index contributed by atoms with van der Waals surface area (Å²) < 4.78 is 69.6. The molecule has 186 valence electrons. The van der Waals surface area contributed by atoms with Crippen molar-refractivity contribution in [2.24, 2.45) is 0 Å². The molecule has 4 rings (SSSR count). The van der Waals surface area contributed by atoms with Crippen LogP contribution in [-0.4, -0.2) is 52.2 Å². The highest BCUT2D eigenvalue weighted by Gasteiger charge is 2.48. The molecule has 1 aromatic carbocycles. The van der Waals surface area contributed by atoms with Crippen molar-refractivity contribution in [3.8, 4) is 11.6 Å². The quantitative estimate of drug-likeness (QED) is 0.380. The molecular formula is C20H18F3N5O6S. The minimum Gasteiger partial charge on any atom is -0.497 e. The molecule has 0 radical (unpaired) electrons. The lowest BCUT2D eigenvalue weighted by molar-refractivity contribution is -0.0501. The average Bonchev–Trinajstić information content (AvgIpc) is 2.80. The second-order valence-electron chi connectivity index (χ2n) is 7.52. The van der Waals surface area contributed by atoms with E-state index < -0.39 is 33.3 Å². The summed E-state index contributed by atoms with van der Waals surface area (Å²) in [6, 6.07) is 7.50. The van der Waals surface area contributed by atoms with Gasteiger partial charge < -0.3 is 18.9 Å². The minimum atomic E-state index is -5.84. The van der Waals surface area contributed by atoms with Crippen LogP contribution in [0.3, 0.4) is 0 Å². The van der Waals surface area contributed by atoms with Gasteiger partial charge in [-0.1, -0.05) is 12.1 Å². The van der Waals surface area contributed by atoms with E-state index in [0.29, 0.717) is 17.9 Å². The first-order valence-corrected chi connectivity index (χ1v) is 11.4. The lowest BCUT2D eigenvalue weighted by Gasteiger charge is -2.32. The molecule has 2 aromatic heterocycles. The number of hydrogen-bond donors (Lipinski definition) is 1. The summed E-state index contributed by atoms with van der Waals surface area (Å²) in [5.41, 5.74) is -4.34. The summed E-state index contributed by atoms with van der Waals surface area (Å²) >= 11 is 0. The molecule has 11 nitrogen and oxygen atoms in total. The number of fused-ring (bicyclic) bond motifs is 1. The molecule has 1 N–H and O–H groups in total. The highest BCUT2D eigenvalue weighted by atomic mass is 32.2. The van der Waals surface area contributed by atoms with Crippen molar-refractivity contribution in [3.63, 3.8) is 0 Å². The summed E-state index contributed by atoms with van der Waals surface area (Å²) in [7, 11) is -4.31. The van der Waals surface area contributed by atoms with E-state index in [1.54, 1.807) is 17.0 Å². The zero-order valence-electron chi connectivity index (χ0n) is 18.0. The maximum atomic E-state index is 12.5. The first-order valence-electron chi connectivity index (χ1n) is 9.96. The maximum Gasteiger partial charge on any atom is 0.534 e. The molecule has 3 heterocycles. The number of pyridine rings is 1. The van der Waals surface area contributed by atoms with Gasteiger partial charge in [0.15, 0.2) is 0 Å². The molecular weight excluding hydrogens is 495 g/mol. The Morgan fingerprint density at radius 3 is 2.60 bits per heavy atom. The number of aliphatic hydroxyl groups excluding tert-OH is 1. The lowest BCUT2D eigenvalue weighted by Crippen LogP contribution is -2.37. The average molecular weight is 513 g/mol. The van der Waals surface area contributed by atoms with E-state index in [1.807, 2.05) is 6.07 Å². The lowest BCUT2D eigenvalue weighted by atomic mass is 9.97. The number of aromatic nitrogens is 4. The molecule has 0 amide bonds. The summed E-state index contributed by atoms with van der Waals surface area (Å²) in [6.07, 6.45) is 1.46. The first-order chi connectivity index (χ1) is 16.5. The summed E-state index contributed by atoms with van der Waals surface area (Å²) in [5.74, 6) is -0.0382. The van der Waals surface area contributed by atoms with Crippen molar-refractivity contribution >= 4 is 16.1 Å². The van der Waals surface area contributed by atoms with Crippen molar-refractivity contribution in [2.45, 2.75) is 24.7 Å². The van der Waals surface area contributed by atoms with Gasteiger partial charge in [-0.3, -0.25) is 4.57 Å². The Hall–Kier alpha value is -3.72. The molecule has 15 heteroatoms. The molecule has 0 saturated carbocycles. The smallest absolute Gasteiger partial charge is 0.497 e. The van der Waals surface area contributed by atoms with Crippen LogP contribution in [-0.2, 0) is 23.2 Å². The van der Waals surface area contributed by atoms with Gasteiger partial charge in [0.2, 0.25) is 11.8 Å². The van der Waals surface area contributed by atoms with Crippen LogP contribution in [0.1, 0.15) is 22.8 Å². The highest BCUT2D eigenvalue weighted by molar-refractivity contribution is 7.87. The van der Waals surface area contributed by atoms with Gasteiger partial charge in [-0.2, -0.15) is 26.6 Å². The van der Waals surface area contributed by atoms with Crippen LogP contribution in [0.15, 0.2) is 47.7 Å². The van der Waals surface area contributed by atoms with E-state index >= 15 is 0 Å². The third-order valence-corrected chi connectivity index (χ3v) is 6.09. The second-order valence-corrected chi connectivity index (χ2v) is 9.05. The fourth-order valence-corrected chi connectivity index (χ4v) is 3.82. The standard InChI is InChI=1S/C20H18F3N5O6S/c1-33-14-4-3-13-9-27(10-16(29)15(13)6-14)18-25-11-28(19(30)26-18)8-12-2-5-17(24-7-12)34-35(31,32)20(21,22)23/h2-7,11,16,29H,8-10H2,1H3. The highest BCUT2D eigenvalue weighted by Crippen LogP contribution is 2.31. The number of anilines is 1. The summed E-state index contributed by atoms with van der Waals surface area (Å²) in [5, 5.41) is 10.5. The number of halogens is 3. The molecule has 35 heavy (non-hydrogen) atoms. The van der Waals surface area contributed by atoms with Crippen molar-refractivity contribution < 1.29 is 35.6 Å². The van der Waals surface area contributed by atoms with E-state index in [9.17, 15) is 31.5 Å². The molecule has 0 bridgehead atoms. The fraction of sp³-hybridized carbons (Fsp3) is 0.300. The molecule has 3 aromatic rings. The predicted octanol–water partition coefficient (Wildman–Crippen LogP) is 1.37. The van der Waals surface area contributed by atoms with Crippen molar-refractivity contribution in [1.29, 1.82) is 0 Å². The maximum absolute atomic E-state index is 12.5. The van der Waals surface area contributed by atoms with Gasteiger partial charge in [0.1, 0.15) is 12.1 Å². The Labute approximate surface area is 196 Å². The Kier molecular flexibility index (Phi) is 6.38. The van der Waals surface area contributed by atoms with Gasteiger partial charge in [-0.05, 0) is 28.8 Å². The van der Waals surface area contributed by atoms with Crippen LogP contribution < -0.4 is 19.5 Å².